The van der Waals surface area contributed by atoms with Gasteiger partial charge in [-0.2, -0.15) is 5.10 Å². The molecule has 1 aromatic carbocycles. The minimum Gasteiger partial charge on any atom is -0.451 e. The quantitative estimate of drug-likeness (QED) is 0.732. The van der Waals surface area contributed by atoms with E-state index < -0.39 is 0 Å². The van der Waals surface area contributed by atoms with Crippen molar-refractivity contribution < 1.29 is 9.21 Å². The van der Waals surface area contributed by atoms with Gasteiger partial charge in [0.25, 0.3) is 0 Å². The molecule has 0 spiro atoms. The number of carbonyl (C=O) groups excluding carboxylic acids is 1. The molecule has 1 amide bonds. The van der Waals surface area contributed by atoms with Crippen molar-refractivity contribution in [3.63, 3.8) is 0 Å². The Hall–Kier alpha value is -2.63. The largest absolute Gasteiger partial charge is 0.451 e. The van der Waals surface area contributed by atoms with E-state index in [0.29, 0.717) is 5.69 Å². The number of hydrogen-bond donors (Lipinski definition) is 2. The summed E-state index contributed by atoms with van der Waals surface area (Å²) in [5.41, 5.74) is 2.21. The average molecular weight is 242 g/mol. The Morgan fingerprint density at radius 3 is 3.22 bits per heavy atom. The molecule has 6 heteroatoms. The van der Waals surface area contributed by atoms with Gasteiger partial charge in [-0.1, -0.05) is 0 Å². The lowest BCUT2D eigenvalue weighted by Crippen LogP contribution is -2.14. The average Bonchev–Trinajstić information content (AvgIpc) is 2.98. The maximum atomic E-state index is 11.7. The van der Waals surface area contributed by atoms with Crippen LogP contribution in [0.25, 0.3) is 10.9 Å². The van der Waals surface area contributed by atoms with Gasteiger partial charge in [0.1, 0.15) is 6.26 Å². The number of fused-ring (bicyclic) bond motifs is 1. The van der Waals surface area contributed by atoms with Gasteiger partial charge < -0.3 is 9.73 Å². The van der Waals surface area contributed by atoms with E-state index in [0.717, 1.165) is 16.6 Å². The van der Waals surface area contributed by atoms with Crippen molar-refractivity contribution >= 4 is 22.5 Å². The van der Waals surface area contributed by atoms with Crippen molar-refractivity contribution in [2.24, 2.45) is 0 Å². The Labute approximate surface area is 102 Å². The molecule has 6 nitrogen and oxygen atoms in total. The van der Waals surface area contributed by atoms with Crippen LogP contribution in [-0.4, -0.2) is 21.1 Å². The Morgan fingerprint density at radius 2 is 2.39 bits per heavy atom. The highest BCUT2D eigenvalue weighted by Gasteiger charge is 2.07. The molecule has 0 aliphatic heterocycles. The Bertz CT molecular complexity index is 672. The minimum absolute atomic E-state index is 0.136. The number of H-pyrrole nitrogens is 1. The molecule has 0 aliphatic rings. The number of benzene rings is 1. The number of aromatic nitrogens is 3. The Morgan fingerprint density at radius 1 is 1.44 bits per heavy atom. The SMILES string of the molecule is O=C(Cc1cocn1)Nc1ccc2cn[nH]c2c1. The topological polar surface area (TPSA) is 83.8 Å². The lowest BCUT2D eigenvalue weighted by molar-refractivity contribution is -0.115. The zero-order valence-corrected chi connectivity index (χ0v) is 9.38. The van der Waals surface area contributed by atoms with Crippen LogP contribution in [-0.2, 0) is 11.2 Å². The number of anilines is 1. The summed E-state index contributed by atoms with van der Waals surface area (Å²) < 4.78 is 4.81. The van der Waals surface area contributed by atoms with E-state index in [1.54, 1.807) is 6.20 Å². The van der Waals surface area contributed by atoms with Crippen LogP contribution in [0.2, 0.25) is 0 Å². The maximum absolute atomic E-state index is 11.7. The first kappa shape index (κ1) is 10.5. The van der Waals surface area contributed by atoms with Crippen molar-refractivity contribution in [1.82, 2.24) is 15.2 Å². The second-order valence-electron chi connectivity index (χ2n) is 3.88. The van der Waals surface area contributed by atoms with Gasteiger partial charge in [-0.25, -0.2) is 4.98 Å². The fourth-order valence-corrected chi connectivity index (χ4v) is 1.71. The zero-order chi connectivity index (χ0) is 12.4. The number of hydrogen-bond acceptors (Lipinski definition) is 4. The first-order valence-electron chi connectivity index (χ1n) is 5.41. The molecule has 18 heavy (non-hydrogen) atoms. The molecule has 2 N–H and O–H groups in total. The third-order valence-corrected chi connectivity index (χ3v) is 2.55. The highest BCUT2D eigenvalue weighted by atomic mass is 16.3. The van der Waals surface area contributed by atoms with E-state index in [-0.39, 0.29) is 12.3 Å². The molecule has 2 heterocycles. The van der Waals surface area contributed by atoms with Crippen LogP contribution >= 0.6 is 0 Å². The number of oxazole rings is 1. The number of amides is 1. The number of nitrogens with zero attached hydrogens (tertiary/aromatic N) is 2. The van der Waals surface area contributed by atoms with Gasteiger partial charge in [0.15, 0.2) is 6.39 Å². The number of rotatable bonds is 3. The Kier molecular flexibility index (Phi) is 2.53. The summed E-state index contributed by atoms with van der Waals surface area (Å²) >= 11 is 0. The number of carbonyl (C=O) groups is 1. The van der Waals surface area contributed by atoms with E-state index in [9.17, 15) is 4.79 Å². The molecule has 3 aromatic rings. The van der Waals surface area contributed by atoms with Crippen molar-refractivity contribution in [2.75, 3.05) is 5.32 Å². The molecule has 0 atom stereocenters. The second kappa shape index (κ2) is 4.33. The lowest BCUT2D eigenvalue weighted by atomic mass is 10.2. The molecule has 0 aliphatic carbocycles. The first-order chi connectivity index (χ1) is 8.81. The third kappa shape index (κ3) is 2.08. The third-order valence-electron chi connectivity index (χ3n) is 2.55. The molecule has 2 aromatic heterocycles. The molecule has 0 unspecified atom stereocenters. The van der Waals surface area contributed by atoms with Crippen LogP contribution < -0.4 is 5.32 Å². The van der Waals surface area contributed by atoms with Crippen molar-refractivity contribution in [1.29, 1.82) is 0 Å². The monoisotopic (exact) mass is 242 g/mol. The van der Waals surface area contributed by atoms with Crippen molar-refractivity contribution in [3.8, 4) is 0 Å². The number of aromatic amines is 1. The summed E-state index contributed by atoms with van der Waals surface area (Å²) in [4.78, 5) is 15.6. The van der Waals surface area contributed by atoms with Crippen LogP contribution in [0.4, 0.5) is 5.69 Å². The second-order valence-corrected chi connectivity index (χ2v) is 3.88. The van der Waals surface area contributed by atoms with Gasteiger partial charge in [0, 0.05) is 11.1 Å². The summed E-state index contributed by atoms with van der Waals surface area (Å²) in [6, 6.07) is 5.56. The molecule has 3 rings (SSSR count). The van der Waals surface area contributed by atoms with Gasteiger partial charge in [0.2, 0.25) is 5.91 Å². The normalized spacial score (nSPS) is 10.7. The van der Waals surface area contributed by atoms with Crippen LogP contribution in [0.1, 0.15) is 5.69 Å². The van der Waals surface area contributed by atoms with Gasteiger partial charge >= 0.3 is 0 Å². The molecule has 0 saturated heterocycles. The van der Waals surface area contributed by atoms with Crippen LogP contribution in [0, 0.1) is 0 Å². The molecular weight excluding hydrogens is 232 g/mol. The predicted octanol–water partition coefficient (Wildman–Crippen LogP) is 1.73. The molecule has 0 bridgehead atoms. The minimum atomic E-state index is -0.136. The summed E-state index contributed by atoms with van der Waals surface area (Å²) in [5.74, 6) is -0.136. The summed E-state index contributed by atoms with van der Waals surface area (Å²) in [7, 11) is 0. The maximum Gasteiger partial charge on any atom is 0.230 e. The van der Waals surface area contributed by atoms with Crippen molar-refractivity contribution in [2.45, 2.75) is 6.42 Å². The fraction of sp³-hybridized carbons (Fsp3) is 0.0833. The standard InChI is InChI=1S/C12H10N4O2/c17-12(4-10-6-18-7-13-10)15-9-2-1-8-5-14-16-11(8)3-9/h1-3,5-7H,4H2,(H,14,16)(H,15,17). The summed E-state index contributed by atoms with van der Waals surface area (Å²) in [5, 5.41) is 10.6. The predicted molar refractivity (Wildman–Crippen MR) is 64.9 cm³/mol. The molecule has 90 valence electrons. The first-order valence-corrected chi connectivity index (χ1v) is 5.41. The van der Waals surface area contributed by atoms with Gasteiger partial charge in [-0.05, 0) is 18.2 Å². The van der Waals surface area contributed by atoms with Gasteiger partial charge in [-0.3, -0.25) is 9.89 Å². The zero-order valence-electron chi connectivity index (χ0n) is 9.38. The lowest BCUT2D eigenvalue weighted by Gasteiger charge is -2.03. The summed E-state index contributed by atoms with van der Waals surface area (Å²) in [6.07, 6.45) is 4.69. The van der Waals surface area contributed by atoms with Crippen molar-refractivity contribution in [3.05, 3.63) is 42.7 Å². The van der Waals surface area contributed by atoms with Gasteiger partial charge in [0.05, 0.1) is 23.8 Å². The van der Waals surface area contributed by atoms with Gasteiger partial charge in [-0.15, -0.1) is 0 Å². The van der Waals surface area contributed by atoms with Crippen LogP contribution in [0.3, 0.4) is 0 Å². The highest BCUT2D eigenvalue weighted by molar-refractivity contribution is 5.94. The highest BCUT2D eigenvalue weighted by Crippen LogP contribution is 2.16. The molecule has 0 fully saturated rings. The Balaban J connectivity index is 1.73. The number of nitrogens with one attached hydrogen (secondary N) is 2. The van der Waals surface area contributed by atoms with E-state index in [2.05, 4.69) is 20.5 Å². The molecular formula is C12H10N4O2. The molecule has 0 saturated carbocycles. The fourth-order valence-electron chi connectivity index (χ4n) is 1.71. The summed E-state index contributed by atoms with van der Waals surface area (Å²) in [6.45, 7) is 0. The van der Waals surface area contributed by atoms with E-state index in [1.165, 1.54) is 12.7 Å². The van der Waals surface area contributed by atoms with E-state index in [4.69, 9.17) is 4.42 Å². The van der Waals surface area contributed by atoms with Crippen LogP contribution in [0.5, 0.6) is 0 Å². The van der Waals surface area contributed by atoms with E-state index in [1.807, 2.05) is 18.2 Å². The smallest absolute Gasteiger partial charge is 0.230 e. The molecule has 0 radical (unpaired) electrons. The van der Waals surface area contributed by atoms with Crippen LogP contribution in [0.15, 0.2) is 41.5 Å². The van der Waals surface area contributed by atoms with E-state index >= 15 is 0 Å².